The molecule has 0 saturated carbocycles. The number of likely N-dealkylation sites (N-methyl/N-ethyl adjacent to an activating group) is 1. The van der Waals surface area contributed by atoms with E-state index < -0.39 is 0 Å². The van der Waals surface area contributed by atoms with Gasteiger partial charge < -0.3 is 0 Å². The fourth-order valence-corrected chi connectivity index (χ4v) is 2.90. The minimum atomic E-state index is 0.180. The van der Waals surface area contributed by atoms with Crippen molar-refractivity contribution in [1.82, 2.24) is 4.90 Å². The maximum absolute atomic E-state index is 12.2. The number of rotatable bonds is 6. The topological polar surface area (TPSA) is 20.3 Å². The van der Waals surface area contributed by atoms with Crippen molar-refractivity contribution in [2.45, 2.75) is 26.3 Å². The molecule has 0 saturated heterocycles. The summed E-state index contributed by atoms with van der Waals surface area (Å²) in [7, 11) is 1.99. The zero-order valence-electron chi connectivity index (χ0n) is 12.3. The smallest absolute Gasteiger partial charge is 0.176 e. The van der Waals surface area contributed by atoms with Crippen molar-refractivity contribution >= 4 is 17.1 Å². The van der Waals surface area contributed by atoms with E-state index in [0.717, 1.165) is 12.1 Å². The summed E-state index contributed by atoms with van der Waals surface area (Å²) in [6, 6.07) is 12.1. The molecule has 2 aromatic rings. The highest BCUT2D eigenvalue weighted by atomic mass is 32.1. The molecule has 0 aliphatic rings. The lowest BCUT2D eigenvalue weighted by Crippen LogP contribution is -2.25. The van der Waals surface area contributed by atoms with Crippen molar-refractivity contribution in [1.29, 1.82) is 0 Å². The average molecular weight is 287 g/mol. The van der Waals surface area contributed by atoms with E-state index in [1.165, 1.54) is 10.4 Å². The molecule has 0 aliphatic heterocycles. The molecular weight excluding hydrogens is 266 g/mol. The third-order valence-corrected chi connectivity index (χ3v) is 4.18. The Kier molecular flexibility index (Phi) is 5.10. The molecular formula is C17H21NOS. The highest BCUT2D eigenvalue weighted by Gasteiger charge is 2.10. The van der Waals surface area contributed by atoms with E-state index in [1.54, 1.807) is 11.3 Å². The Labute approximate surface area is 125 Å². The van der Waals surface area contributed by atoms with Gasteiger partial charge in [-0.05, 0) is 30.0 Å². The summed E-state index contributed by atoms with van der Waals surface area (Å²) >= 11 is 1.73. The third kappa shape index (κ3) is 4.02. The Morgan fingerprint density at radius 2 is 1.90 bits per heavy atom. The molecule has 1 heterocycles. The van der Waals surface area contributed by atoms with Gasteiger partial charge >= 0.3 is 0 Å². The molecule has 0 N–H and O–H groups in total. The summed E-state index contributed by atoms with van der Waals surface area (Å²) < 4.78 is 0. The molecule has 0 amide bonds. The molecule has 3 heteroatoms. The lowest BCUT2D eigenvalue weighted by molar-refractivity contribution is 0.0943. The molecule has 0 bridgehead atoms. The van der Waals surface area contributed by atoms with Crippen LogP contribution in [-0.4, -0.2) is 24.3 Å². The fourth-order valence-electron chi connectivity index (χ4n) is 2.11. The zero-order valence-corrected chi connectivity index (χ0v) is 13.1. The second-order valence-corrected chi connectivity index (χ2v) is 6.48. The second-order valence-electron chi connectivity index (χ2n) is 5.45. The number of hydrogen-bond donors (Lipinski definition) is 0. The van der Waals surface area contributed by atoms with Crippen LogP contribution in [0, 0.1) is 0 Å². The van der Waals surface area contributed by atoms with Crippen LogP contribution in [-0.2, 0) is 6.54 Å². The van der Waals surface area contributed by atoms with Gasteiger partial charge in [-0.15, -0.1) is 11.3 Å². The van der Waals surface area contributed by atoms with Crippen LogP contribution in [0.5, 0.6) is 0 Å². The molecule has 1 aromatic heterocycles. The van der Waals surface area contributed by atoms with E-state index in [2.05, 4.69) is 42.3 Å². The quantitative estimate of drug-likeness (QED) is 0.743. The molecule has 2 nitrogen and oxygen atoms in total. The monoisotopic (exact) mass is 287 g/mol. The van der Waals surface area contributed by atoms with Crippen LogP contribution in [0.3, 0.4) is 0 Å². The fraction of sp³-hybridized carbons (Fsp3) is 0.353. The van der Waals surface area contributed by atoms with Crippen molar-refractivity contribution in [2.24, 2.45) is 0 Å². The van der Waals surface area contributed by atoms with Gasteiger partial charge in [-0.1, -0.05) is 44.2 Å². The van der Waals surface area contributed by atoms with Crippen LogP contribution in [0.2, 0.25) is 0 Å². The highest BCUT2D eigenvalue weighted by Crippen LogP contribution is 2.15. The Morgan fingerprint density at radius 3 is 2.45 bits per heavy atom. The largest absolute Gasteiger partial charge is 0.294 e. The molecule has 0 fully saturated rings. The van der Waals surface area contributed by atoms with Gasteiger partial charge in [-0.2, -0.15) is 0 Å². The van der Waals surface area contributed by atoms with Gasteiger partial charge in [0.05, 0.1) is 6.54 Å². The van der Waals surface area contributed by atoms with Gasteiger partial charge in [-0.25, -0.2) is 0 Å². The Morgan fingerprint density at radius 1 is 1.20 bits per heavy atom. The van der Waals surface area contributed by atoms with Gasteiger partial charge in [0, 0.05) is 17.0 Å². The van der Waals surface area contributed by atoms with E-state index in [0.29, 0.717) is 12.5 Å². The predicted molar refractivity (Wildman–Crippen MR) is 85.5 cm³/mol. The van der Waals surface area contributed by atoms with E-state index in [-0.39, 0.29) is 5.78 Å². The van der Waals surface area contributed by atoms with E-state index in [1.807, 2.05) is 25.2 Å². The highest BCUT2D eigenvalue weighted by molar-refractivity contribution is 7.09. The third-order valence-electron chi connectivity index (χ3n) is 3.32. The Balaban J connectivity index is 1.93. The Bertz CT molecular complexity index is 543. The number of hydrogen-bond acceptors (Lipinski definition) is 3. The molecule has 0 atom stereocenters. The molecule has 0 unspecified atom stereocenters. The van der Waals surface area contributed by atoms with Crippen LogP contribution in [0.1, 0.15) is 40.6 Å². The molecule has 1 aromatic carbocycles. The van der Waals surface area contributed by atoms with E-state index in [4.69, 9.17) is 0 Å². The van der Waals surface area contributed by atoms with Crippen molar-refractivity contribution < 1.29 is 4.79 Å². The van der Waals surface area contributed by atoms with Crippen molar-refractivity contribution in [3.63, 3.8) is 0 Å². The van der Waals surface area contributed by atoms with E-state index in [9.17, 15) is 4.79 Å². The van der Waals surface area contributed by atoms with Crippen molar-refractivity contribution in [2.75, 3.05) is 13.6 Å². The summed E-state index contributed by atoms with van der Waals surface area (Å²) in [5.41, 5.74) is 2.07. The molecule has 106 valence electrons. The first kappa shape index (κ1) is 14.9. The molecule has 0 spiro atoms. The lowest BCUT2D eigenvalue weighted by atomic mass is 10.0. The number of carbonyl (C=O) groups excluding carboxylic acids is 1. The van der Waals surface area contributed by atoms with Gasteiger partial charge in [0.2, 0.25) is 0 Å². The van der Waals surface area contributed by atoms with Crippen molar-refractivity contribution in [3.8, 4) is 0 Å². The number of benzene rings is 1. The van der Waals surface area contributed by atoms with Gasteiger partial charge in [0.1, 0.15) is 0 Å². The second kappa shape index (κ2) is 6.82. The van der Waals surface area contributed by atoms with E-state index >= 15 is 0 Å². The number of nitrogens with zero attached hydrogens (tertiary/aromatic N) is 1. The summed E-state index contributed by atoms with van der Waals surface area (Å²) in [5.74, 6) is 0.681. The van der Waals surface area contributed by atoms with Crippen LogP contribution >= 0.6 is 11.3 Å². The molecule has 0 radical (unpaired) electrons. The first-order valence-electron chi connectivity index (χ1n) is 6.90. The Hall–Kier alpha value is -1.45. The van der Waals surface area contributed by atoms with Gasteiger partial charge in [0.25, 0.3) is 0 Å². The number of carbonyl (C=O) groups is 1. The molecule has 2 rings (SSSR count). The number of Topliss-reactive ketones (excluding diaryl/α,β-unsaturated/α-hetero) is 1. The summed E-state index contributed by atoms with van der Waals surface area (Å²) in [6.45, 7) is 5.60. The van der Waals surface area contributed by atoms with Crippen molar-refractivity contribution in [3.05, 3.63) is 57.8 Å². The number of thiophene rings is 1. The maximum atomic E-state index is 12.2. The normalized spacial score (nSPS) is 11.2. The van der Waals surface area contributed by atoms with Crippen LogP contribution in [0.25, 0.3) is 0 Å². The average Bonchev–Trinajstić information content (AvgIpc) is 2.91. The lowest BCUT2D eigenvalue weighted by Gasteiger charge is -2.15. The minimum Gasteiger partial charge on any atom is -0.294 e. The van der Waals surface area contributed by atoms with Crippen LogP contribution in [0.15, 0.2) is 41.8 Å². The first-order valence-corrected chi connectivity index (χ1v) is 7.78. The summed E-state index contributed by atoms with van der Waals surface area (Å²) in [5, 5.41) is 2.07. The standard InChI is InChI=1S/C17H21NOS/c1-13(2)14-6-8-15(9-7-14)17(19)12-18(3)11-16-5-4-10-20-16/h4-10,13H,11-12H2,1-3H3. The first-order chi connectivity index (χ1) is 9.56. The van der Waals surface area contributed by atoms with Crippen LogP contribution in [0.4, 0.5) is 0 Å². The van der Waals surface area contributed by atoms with Gasteiger partial charge in [0.15, 0.2) is 5.78 Å². The molecule has 0 aliphatic carbocycles. The predicted octanol–water partition coefficient (Wildman–Crippen LogP) is 4.19. The number of ketones is 1. The summed E-state index contributed by atoms with van der Waals surface area (Å²) in [4.78, 5) is 15.6. The maximum Gasteiger partial charge on any atom is 0.176 e. The molecule has 20 heavy (non-hydrogen) atoms. The van der Waals surface area contributed by atoms with Gasteiger partial charge in [-0.3, -0.25) is 9.69 Å². The summed E-state index contributed by atoms with van der Waals surface area (Å²) in [6.07, 6.45) is 0. The zero-order chi connectivity index (χ0) is 14.5. The van der Waals surface area contributed by atoms with Crippen LogP contribution < -0.4 is 0 Å². The SMILES string of the molecule is CC(C)c1ccc(C(=O)CN(C)Cc2cccs2)cc1. The minimum absolute atomic E-state index is 0.180.